The minimum absolute atomic E-state index is 0.176. The molecule has 0 radical (unpaired) electrons. The Balaban J connectivity index is -0.0000000994. The summed E-state index contributed by atoms with van der Waals surface area (Å²) in [4.78, 5) is 21.7. The highest BCUT2D eigenvalue weighted by Crippen LogP contribution is 2.11. The van der Waals surface area contributed by atoms with Crippen LogP contribution in [0.3, 0.4) is 0 Å². The Labute approximate surface area is 159 Å². The zero-order valence-corrected chi connectivity index (χ0v) is 16.2. The molecular formula is C9H15Cl6O6P. The van der Waals surface area contributed by atoms with E-state index >= 15 is 0 Å². The largest absolute Gasteiger partial charge is 0.391 e. The fourth-order valence-electron chi connectivity index (χ4n) is 0.104. The lowest BCUT2D eigenvalue weighted by molar-refractivity contribution is 0.338. The van der Waals surface area contributed by atoms with Crippen LogP contribution < -0.4 is 0 Å². The van der Waals surface area contributed by atoms with Crippen molar-refractivity contribution in [2.75, 3.05) is 19.8 Å². The number of hydrogen-bond acceptors (Lipinski definition) is 6. The molecule has 13 heteroatoms. The number of rotatable bonds is 3. The van der Waals surface area contributed by atoms with Crippen LogP contribution in [0, 0.1) is 0 Å². The van der Waals surface area contributed by atoms with Crippen molar-refractivity contribution in [1.82, 2.24) is 0 Å². The number of hydrogen-bond donors (Lipinski definition) is 6. The van der Waals surface area contributed by atoms with Crippen LogP contribution in [0.1, 0.15) is 0 Å². The van der Waals surface area contributed by atoms with Gasteiger partial charge in [-0.2, -0.15) is 0 Å². The Kier molecular flexibility index (Phi) is 38.0. The minimum atomic E-state index is -2.62. The fraction of sp³-hybridized carbons (Fsp3) is 0.333. The lowest BCUT2D eigenvalue weighted by Crippen LogP contribution is -1.75. The zero-order chi connectivity index (χ0) is 18.6. The Morgan fingerprint density at radius 1 is 0.636 bits per heavy atom. The summed E-state index contributed by atoms with van der Waals surface area (Å²) in [5, 5.41) is 24.9. The van der Waals surface area contributed by atoms with E-state index in [0.29, 0.717) is 0 Å². The predicted octanol–water partition coefficient (Wildman–Crippen LogP) is 3.08. The Bertz CT molecular complexity index is 267. The van der Waals surface area contributed by atoms with Crippen LogP contribution >= 0.6 is 78.2 Å². The first-order chi connectivity index (χ1) is 10.2. The van der Waals surface area contributed by atoms with E-state index in [1.54, 1.807) is 0 Å². The second-order valence-electron chi connectivity index (χ2n) is 2.41. The molecule has 0 unspecified atom stereocenters. The first-order valence-corrected chi connectivity index (χ1v) is 8.34. The van der Waals surface area contributed by atoms with Gasteiger partial charge in [0.15, 0.2) is 0 Å². The predicted molar refractivity (Wildman–Crippen MR) is 94.2 cm³/mol. The highest BCUT2D eigenvalue weighted by molar-refractivity contribution is 7.38. The van der Waals surface area contributed by atoms with Gasteiger partial charge in [0, 0.05) is 16.6 Å². The molecule has 0 spiro atoms. The summed E-state index contributed by atoms with van der Waals surface area (Å²) in [6.07, 6.45) is 0. The van der Waals surface area contributed by atoms with Gasteiger partial charge in [-0.1, -0.05) is 69.6 Å². The molecule has 0 heterocycles. The molecule has 0 aromatic rings. The van der Waals surface area contributed by atoms with Crippen LogP contribution in [-0.2, 0) is 0 Å². The maximum absolute atomic E-state index is 8.05. The lowest BCUT2D eigenvalue weighted by Gasteiger charge is -1.79. The number of aliphatic hydroxyl groups is 3. The molecule has 0 atom stereocenters. The maximum atomic E-state index is 8.05. The van der Waals surface area contributed by atoms with E-state index in [0.717, 1.165) is 16.6 Å². The number of aliphatic hydroxyl groups excluding tert-OH is 3. The van der Waals surface area contributed by atoms with Crippen molar-refractivity contribution < 1.29 is 30.0 Å². The van der Waals surface area contributed by atoms with Crippen molar-refractivity contribution in [3.63, 3.8) is 0 Å². The SMILES string of the molecule is OCC(Cl)=CCl.OCC(Cl)=CCl.OCC(Cl)=CCl.OP(O)O. The summed E-state index contributed by atoms with van der Waals surface area (Å²) in [6.45, 7) is -0.527. The maximum Gasteiger partial charge on any atom is 0.324 e. The van der Waals surface area contributed by atoms with Gasteiger partial charge in [-0.25, -0.2) is 0 Å². The van der Waals surface area contributed by atoms with Gasteiger partial charge in [-0.15, -0.1) is 0 Å². The zero-order valence-electron chi connectivity index (χ0n) is 10.8. The van der Waals surface area contributed by atoms with Crippen molar-refractivity contribution in [3.05, 3.63) is 31.7 Å². The molecule has 6 nitrogen and oxygen atoms in total. The Morgan fingerprint density at radius 2 is 0.773 bits per heavy atom. The Hall–Kier alpha value is 1.15. The van der Waals surface area contributed by atoms with E-state index in [9.17, 15) is 0 Å². The van der Waals surface area contributed by atoms with Crippen LogP contribution in [0.15, 0.2) is 31.7 Å². The highest BCUT2D eigenvalue weighted by Gasteiger charge is 1.80. The molecule has 0 bridgehead atoms. The molecule has 0 fully saturated rings. The molecule has 6 N–H and O–H groups in total. The molecule has 0 aliphatic carbocycles. The van der Waals surface area contributed by atoms with Crippen molar-refractivity contribution in [2.45, 2.75) is 0 Å². The van der Waals surface area contributed by atoms with Gasteiger partial charge < -0.3 is 30.0 Å². The fourth-order valence-corrected chi connectivity index (χ4v) is 0.311. The van der Waals surface area contributed by atoms with Crippen LogP contribution in [0.4, 0.5) is 0 Å². The molecule has 0 aromatic carbocycles. The average Bonchev–Trinajstić information content (AvgIpc) is 2.52. The van der Waals surface area contributed by atoms with E-state index in [1.807, 2.05) is 0 Å². The van der Waals surface area contributed by atoms with Crippen LogP contribution in [0.5, 0.6) is 0 Å². The third-order valence-electron chi connectivity index (χ3n) is 0.808. The first kappa shape index (κ1) is 31.0. The minimum Gasteiger partial charge on any atom is -0.391 e. The number of halogens is 6. The topological polar surface area (TPSA) is 121 Å². The van der Waals surface area contributed by atoms with Gasteiger partial charge in [0.1, 0.15) is 0 Å². The highest BCUT2D eigenvalue weighted by atomic mass is 35.5. The summed E-state index contributed by atoms with van der Waals surface area (Å²) in [5.41, 5.74) is 3.38. The summed E-state index contributed by atoms with van der Waals surface area (Å²) in [7, 11) is -2.62. The van der Waals surface area contributed by atoms with E-state index < -0.39 is 8.60 Å². The third kappa shape index (κ3) is 49.7. The second kappa shape index (κ2) is 27.0. The third-order valence-corrected chi connectivity index (χ3v) is 2.62. The molecule has 134 valence electrons. The molecule has 0 saturated carbocycles. The molecule has 0 rings (SSSR count). The lowest BCUT2D eigenvalue weighted by atomic mass is 10.7. The monoisotopic (exact) mass is 460 g/mol. The second-order valence-corrected chi connectivity index (χ2v) is 5.06. The van der Waals surface area contributed by atoms with Gasteiger partial charge in [-0.3, -0.25) is 0 Å². The van der Waals surface area contributed by atoms with Crippen molar-refractivity contribution in [2.24, 2.45) is 0 Å². The molecule has 0 aliphatic heterocycles. The Morgan fingerprint density at radius 3 is 0.773 bits per heavy atom. The van der Waals surface area contributed by atoms with E-state index in [1.165, 1.54) is 0 Å². The van der Waals surface area contributed by atoms with Gasteiger partial charge in [0.25, 0.3) is 0 Å². The van der Waals surface area contributed by atoms with Crippen LogP contribution in [0.25, 0.3) is 0 Å². The average molecular weight is 463 g/mol. The molecule has 22 heavy (non-hydrogen) atoms. The van der Waals surface area contributed by atoms with Gasteiger partial charge in [0.2, 0.25) is 0 Å². The van der Waals surface area contributed by atoms with Crippen molar-refractivity contribution in [1.29, 1.82) is 0 Å². The molecule has 0 aromatic heterocycles. The summed E-state index contributed by atoms with van der Waals surface area (Å²) >= 11 is 30.4. The summed E-state index contributed by atoms with van der Waals surface area (Å²) in [5.74, 6) is 0. The molecule has 0 saturated heterocycles. The molecular weight excluding hydrogens is 448 g/mol. The van der Waals surface area contributed by atoms with E-state index in [2.05, 4.69) is 0 Å². The standard InChI is InChI=1S/3C3H4Cl2O.H3O3P/c3*4-1-3(5)2-6;1-4(2)3/h3*1,6H,2H2;1-3H. The summed E-state index contributed by atoms with van der Waals surface area (Å²) < 4.78 is 0. The van der Waals surface area contributed by atoms with E-state index in [-0.39, 0.29) is 34.9 Å². The van der Waals surface area contributed by atoms with Crippen LogP contribution in [-0.4, -0.2) is 49.8 Å². The quantitative estimate of drug-likeness (QED) is 0.358. The molecule has 0 amide bonds. The van der Waals surface area contributed by atoms with Gasteiger partial charge >= 0.3 is 8.60 Å². The van der Waals surface area contributed by atoms with Gasteiger partial charge in [0.05, 0.1) is 34.9 Å². The molecule has 0 aliphatic rings. The smallest absolute Gasteiger partial charge is 0.324 e. The van der Waals surface area contributed by atoms with E-state index in [4.69, 9.17) is 99.6 Å². The first-order valence-electron chi connectivity index (χ1n) is 4.70. The normalized spacial score (nSPS) is 11.6. The van der Waals surface area contributed by atoms with Crippen molar-refractivity contribution in [3.8, 4) is 0 Å². The van der Waals surface area contributed by atoms with Gasteiger partial charge in [-0.05, 0) is 0 Å². The summed E-state index contributed by atoms with van der Waals surface area (Å²) in [6, 6.07) is 0. The van der Waals surface area contributed by atoms with Crippen LogP contribution in [0.2, 0.25) is 0 Å². The van der Waals surface area contributed by atoms with Crippen molar-refractivity contribution >= 4 is 78.2 Å².